The molecule has 2 heterocycles. The lowest BCUT2D eigenvalue weighted by Gasteiger charge is -2.06. The van der Waals surface area contributed by atoms with Crippen molar-refractivity contribution >= 4 is 23.3 Å². The van der Waals surface area contributed by atoms with Crippen LogP contribution in [-0.2, 0) is 13.1 Å². The summed E-state index contributed by atoms with van der Waals surface area (Å²) in [5, 5.41) is 0. The van der Waals surface area contributed by atoms with Crippen molar-refractivity contribution in [1.29, 1.82) is 0 Å². The number of H-pyrrole nitrogens is 1. The number of aromatic nitrogens is 4. The van der Waals surface area contributed by atoms with E-state index in [0.717, 1.165) is 16.9 Å². The fourth-order valence-corrected chi connectivity index (χ4v) is 3.01. The molecule has 0 atom stereocenters. The third-order valence-electron chi connectivity index (χ3n) is 4.36. The molecule has 0 saturated heterocycles. The van der Waals surface area contributed by atoms with Crippen LogP contribution in [-0.4, -0.2) is 26.2 Å². The lowest BCUT2D eigenvalue weighted by atomic mass is 10.1. The van der Waals surface area contributed by atoms with Gasteiger partial charge in [0.15, 0.2) is 5.65 Å². The summed E-state index contributed by atoms with van der Waals surface area (Å²) in [4.78, 5) is 32.4. The van der Waals surface area contributed by atoms with Gasteiger partial charge < -0.3 is 9.72 Å². The van der Waals surface area contributed by atoms with Crippen molar-refractivity contribution in [3.8, 4) is 5.75 Å². The highest BCUT2D eigenvalue weighted by Crippen LogP contribution is 2.19. The Balaban J connectivity index is 2.07. The average molecular weight is 354 g/mol. The highest BCUT2D eigenvalue weighted by Gasteiger charge is 2.14. The fourth-order valence-electron chi connectivity index (χ4n) is 3.01. The van der Waals surface area contributed by atoms with E-state index < -0.39 is 0 Å². The van der Waals surface area contributed by atoms with Crippen molar-refractivity contribution in [2.45, 2.75) is 33.9 Å². The van der Waals surface area contributed by atoms with Crippen LogP contribution in [0.4, 0.5) is 0 Å². The van der Waals surface area contributed by atoms with E-state index in [1.54, 1.807) is 20.1 Å². The number of aryl methyl sites for hydroxylation is 2. The Morgan fingerprint density at radius 3 is 2.50 bits per heavy atom. The Hall–Kier alpha value is -3.09. The number of rotatable bonds is 5. The third-order valence-corrected chi connectivity index (χ3v) is 4.36. The summed E-state index contributed by atoms with van der Waals surface area (Å²) in [6.45, 7) is 6.38. The normalized spacial score (nSPS) is 11.5. The minimum atomic E-state index is -0.343. The number of methoxy groups -OCH3 is 1. The van der Waals surface area contributed by atoms with Gasteiger partial charge in [-0.3, -0.25) is 13.9 Å². The van der Waals surface area contributed by atoms with E-state index in [2.05, 4.69) is 9.97 Å². The highest BCUT2D eigenvalue weighted by atomic mass is 16.5. The molecule has 3 aromatic rings. The maximum Gasteiger partial charge on any atom is 0.332 e. The molecule has 0 aliphatic rings. The van der Waals surface area contributed by atoms with Crippen molar-refractivity contribution < 1.29 is 4.74 Å². The smallest absolute Gasteiger partial charge is 0.332 e. The number of benzene rings is 1. The number of nitrogens with one attached hydrogen (secondary N) is 1. The lowest BCUT2D eigenvalue weighted by Crippen LogP contribution is -2.39. The van der Waals surface area contributed by atoms with E-state index in [-0.39, 0.29) is 11.2 Å². The topological polar surface area (TPSA) is 81.9 Å². The molecule has 1 N–H and O–H groups in total. The SMILES string of the molecule is CCn1c(=O)c2[nH]c(C=Cc3ccc(OC)c(C)c3)nc2n(CC)c1=O. The molecule has 0 saturated carbocycles. The molecule has 0 fully saturated rings. The number of nitrogens with zero attached hydrogens (tertiary/aromatic N) is 3. The lowest BCUT2D eigenvalue weighted by molar-refractivity contribution is 0.411. The van der Waals surface area contributed by atoms with Crippen molar-refractivity contribution in [2.75, 3.05) is 7.11 Å². The second-order valence-electron chi connectivity index (χ2n) is 5.96. The van der Waals surface area contributed by atoms with E-state index in [0.29, 0.717) is 30.1 Å². The van der Waals surface area contributed by atoms with Gasteiger partial charge in [-0.15, -0.1) is 0 Å². The highest BCUT2D eigenvalue weighted by molar-refractivity contribution is 5.75. The fraction of sp³-hybridized carbons (Fsp3) is 0.316. The van der Waals surface area contributed by atoms with Crippen molar-refractivity contribution in [1.82, 2.24) is 19.1 Å². The van der Waals surface area contributed by atoms with Crippen LogP contribution >= 0.6 is 0 Å². The van der Waals surface area contributed by atoms with Gasteiger partial charge in [0.2, 0.25) is 0 Å². The van der Waals surface area contributed by atoms with Crippen molar-refractivity contribution in [3.05, 3.63) is 56.0 Å². The third kappa shape index (κ3) is 2.96. The molecule has 0 radical (unpaired) electrons. The molecule has 0 aliphatic carbocycles. The number of hydrogen-bond acceptors (Lipinski definition) is 4. The first-order valence-corrected chi connectivity index (χ1v) is 8.56. The maximum atomic E-state index is 12.5. The number of fused-ring (bicyclic) bond motifs is 1. The first-order chi connectivity index (χ1) is 12.5. The molecule has 0 unspecified atom stereocenters. The summed E-state index contributed by atoms with van der Waals surface area (Å²) >= 11 is 0. The second-order valence-corrected chi connectivity index (χ2v) is 5.96. The molecule has 7 heteroatoms. The molecule has 7 nitrogen and oxygen atoms in total. The molecule has 0 aliphatic heterocycles. The molecule has 136 valence electrons. The molecule has 2 aromatic heterocycles. The number of imidazole rings is 1. The van der Waals surface area contributed by atoms with Crippen LogP contribution in [0.5, 0.6) is 5.75 Å². The molecule has 3 rings (SSSR count). The summed E-state index contributed by atoms with van der Waals surface area (Å²) in [6.07, 6.45) is 3.69. The first kappa shape index (κ1) is 17.7. The van der Waals surface area contributed by atoms with Gasteiger partial charge in [-0.2, -0.15) is 0 Å². The van der Waals surface area contributed by atoms with Crippen LogP contribution in [0.3, 0.4) is 0 Å². The van der Waals surface area contributed by atoms with Crippen LogP contribution in [0.25, 0.3) is 23.3 Å². The van der Waals surface area contributed by atoms with Crippen LogP contribution < -0.4 is 16.0 Å². The number of hydrogen-bond donors (Lipinski definition) is 1. The Kier molecular flexibility index (Phi) is 4.79. The summed E-state index contributed by atoms with van der Waals surface area (Å²) in [6, 6.07) is 5.85. The summed E-state index contributed by atoms with van der Waals surface area (Å²) in [5.74, 6) is 1.36. The van der Waals surface area contributed by atoms with Gasteiger partial charge >= 0.3 is 5.69 Å². The number of ether oxygens (including phenoxy) is 1. The van der Waals surface area contributed by atoms with Crippen LogP contribution in [0.2, 0.25) is 0 Å². The summed E-state index contributed by atoms with van der Waals surface area (Å²) in [7, 11) is 1.64. The van der Waals surface area contributed by atoms with Crippen LogP contribution in [0.15, 0.2) is 27.8 Å². The van der Waals surface area contributed by atoms with E-state index in [1.165, 1.54) is 9.13 Å². The Morgan fingerprint density at radius 1 is 1.15 bits per heavy atom. The van der Waals surface area contributed by atoms with Crippen molar-refractivity contribution in [2.24, 2.45) is 0 Å². The Labute approximate surface area is 150 Å². The van der Waals surface area contributed by atoms with Gasteiger partial charge in [0.25, 0.3) is 5.56 Å². The van der Waals surface area contributed by atoms with E-state index in [9.17, 15) is 9.59 Å². The zero-order valence-corrected chi connectivity index (χ0v) is 15.4. The molecular formula is C19H22N4O3. The zero-order chi connectivity index (χ0) is 18.8. The first-order valence-electron chi connectivity index (χ1n) is 8.56. The Bertz CT molecular complexity index is 1100. The van der Waals surface area contributed by atoms with E-state index in [4.69, 9.17) is 4.74 Å². The van der Waals surface area contributed by atoms with Gasteiger partial charge in [-0.1, -0.05) is 12.1 Å². The summed E-state index contributed by atoms with van der Waals surface area (Å²) < 4.78 is 7.98. The van der Waals surface area contributed by atoms with Crippen LogP contribution in [0, 0.1) is 6.92 Å². The molecule has 0 bridgehead atoms. The van der Waals surface area contributed by atoms with Gasteiger partial charge in [0.05, 0.1) is 7.11 Å². The van der Waals surface area contributed by atoms with Gasteiger partial charge in [-0.05, 0) is 50.1 Å². The molecule has 26 heavy (non-hydrogen) atoms. The van der Waals surface area contributed by atoms with Gasteiger partial charge in [0, 0.05) is 13.1 Å². The predicted molar refractivity (Wildman–Crippen MR) is 103 cm³/mol. The predicted octanol–water partition coefficient (Wildman–Crippen LogP) is 2.41. The van der Waals surface area contributed by atoms with Gasteiger partial charge in [-0.25, -0.2) is 9.78 Å². The number of aromatic amines is 1. The standard InChI is InChI=1S/C19H22N4O3/c1-5-22-17-16(18(24)23(6-2)19(22)25)20-15(21-17)10-8-13-7-9-14(26-4)12(3)11-13/h7-11H,5-6H2,1-4H3,(H,20,21). The zero-order valence-electron chi connectivity index (χ0n) is 15.4. The maximum absolute atomic E-state index is 12.5. The van der Waals surface area contributed by atoms with Crippen LogP contribution in [0.1, 0.15) is 30.8 Å². The largest absolute Gasteiger partial charge is 0.496 e. The molecular weight excluding hydrogens is 332 g/mol. The quantitative estimate of drug-likeness (QED) is 0.763. The minimum Gasteiger partial charge on any atom is -0.496 e. The van der Waals surface area contributed by atoms with Gasteiger partial charge in [0.1, 0.15) is 17.1 Å². The molecule has 0 spiro atoms. The monoisotopic (exact) mass is 354 g/mol. The second kappa shape index (κ2) is 7.03. The molecule has 1 aromatic carbocycles. The Morgan fingerprint density at radius 2 is 1.88 bits per heavy atom. The van der Waals surface area contributed by atoms with Crippen molar-refractivity contribution in [3.63, 3.8) is 0 Å². The summed E-state index contributed by atoms with van der Waals surface area (Å²) in [5.41, 5.74) is 2.08. The van der Waals surface area contributed by atoms with E-state index >= 15 is 0 Å². The average Bonchev–Trinajstić information content (AvgIpc) is 3.05. The molecule has 0 amide bonds. The van der Waals surface area contributed by atoms with E-state index in [1.807, 2.05) is 38.1 Å². The minimum absolute atomic E-state index is 0.322.